The Morgan fingerprint density at radius 3 is 2.91 bits per heavy atom. The molecule has 2 heterocycles. The van der Waals surface area contributed by atoms with Crippen LogP contribution in [0.5, 0.6) is 0 Å². The molecule has 22 heavy (non-hydrogen) atoms. The van der Waals surface area contributed by atoms with Gasteiger partial charge in [0.05, 0.1) is 11.2 Å². The Labute approximate surface area is 134 Å². The maximum Gasteiger partial charge on any atom is 0.320 e. The van der Waals surface area contributed by atoms with Crippen LogP contribution >= 0.6 is 11.3 Å². The molecule has 0 radical (unpaired) electrons. The minimum absolute atomic E-state index is 0.0463. The van der Waals surface area contributed by atoms with Crippen molar-refractivity contribution >= 4 is 23.2 Å². The van der Waals surface area contributed by atoms with Crippen LogP contribution in [0, 0.1) is 5.92 Å². The third-order valence-corrected chi connectivity index (χ3v) is 4.87. The van der Waals surface area contributed by atoms with Gasteiger partial charge in [-0.1, -0.05) is 13.3 Å². The first kappa shape index (κ1) is 16.9. The Morgan fingerprint density at radius 2 is 2.36 bits per heavy atom. The van der Waals surface area contributed by atoms with Crippen LogP contribution in [0.25, 0.3) is 0 Å². The normalized spacial score (nSPS) is 23.4. The smallest absolute Gasteiger partial charge is 0.320 e. The van der Waals surface area contributed by atoms with Crippen LogP contribution in [-0.2, 0) is 9.59 Å². The van der Waals surface area contributed by atoms with Crippen LogP contribution in [0.3, 0.4) is 0 Å². The SMILES string of the molecule is CC[C@H](CNC(C)=O)CN1C[C@H](c2cscn2)C[C@@H]1C(=O)O. The molecule has 1 aliphatic rings. The fourth-order valence-electron chi connectivity index (χ4n) is 2.96. The Hall–Kier alpha value is -1.47. The number of hydrogen-bond acceptors (Lipinski definition) is 5. The van der Waals surface area contributed by atoms with Crippen LogP contribution in [0.2, 0.25) is 0 Å². The number of carboxylic acids is 1. The largest absolute Gasteiger partial charge is 0.480 e. The third-order valence-electron chi connectivity index (χ3n) is 4.27. The van der Waals surface area contributed by atoms with E-state index in [0.29, 0.717) is 19.5 Å². The van der Waals surface area contributed by atoms with Crippen molar-refractivity contribution in [1.29, 1.82) is 0 Å². The van der Waals surface area contributed by atoms with E-state index < -0.39 is 12.0 Å². The fraction of sp³-hybridized carbons (Fsp3) is 0.667. The average molecular weight is 325 g/mol. The first-order valence-electron chi connectivity index (χ1n) is 7.60. The molecule has 1 aromatic heterocycles. The summed E-state index contributed by atoms with van der Waals surface area (Å²) in [7, 11) is 0. The lowest BCUT2D eigenvalue weighted by molar-refractivity contribution is -0.142. The van der Waals surface area contributed by atoms with Crippen molar-refractivity contribution in [1.82, 2.24) is 15.2 Å². The quantitative estimate of drug-likeness (QED) is 0.795. The number of rotatable bonds is 7. The summed E-state index contributed by atoms with van der Waals surface area (Å²) in [5, 5.41) is 14.3. The Morgan fingerprint density at radius 1 is 1.59 bits per heavy atom. The Kier molecular flexibility index (Phi) is 5.90. The lowest BCUT2D eigenvalue weighted by Crippen LogP contribution is -2.41. The number of amides is 1. The van der Waals surface area contributed by atoms with Gasteiger partial charge in [0.15, 0.2) is 0 Å². The van der Waals surface area contributed by atoms with Gasteiger partial charge in [0.25, 0.3) is 0 Å². The van der Waals surface area contributed by atoms with Crippen LogP contribution in [0.15, 0.2) is 10.9 Å². The number of hydrogen-bond donors (Lipinski definition) is 2. The predicted molar refractivity (Wildman–Crippen MR) is 84.9 cm³/mol. The highest BCUT2D eigenvalue weighted by Crippen LogP contribution is 2.32. The standard InChI is InChI=1S/C15H23N3O3S/c1-3-11(5-16-10(2)19)6-18-7-12(4-14(18)15(20)21)13-8-22-9-17-13/h8-9,11-12,14H,3-7H2,1-2H3,(H,16,19)(H,20,21)/t11-,12-,14-/m1/s1. The topological polar surface area (TPSA) is 82.5 Å². The predicted octanol–water partition coefficient (Wildman–Crippen LogP) is 1.55. The summed E-state index contributed by atoms with van der Waals surface area (Å²) in [6.45, 7) is 5.57. The van der Waals surface area contributed by atoms with Crippen molar-refractivity contribution < 1.29 is 14.7 Å². The molecule has 7 heteroatoms. The molecule has 3 atom stereocenters. The van der Waals surface area contributed by atoms with Gasteiger partial charge in [-0.3, -0.25) is 14.5 Å². The van der Waals surface area contributed by atoms with Crippen LogP contribution < -0.4 is 5.32 Å². The van der Waals surface area contributed by atoms with Gasteiger partial charge in [-0.25, -0.2) is 4.98 Å². The van der Waals surface area contributed by atoms with Crippen molar-refractivity contribution in [2.75, 3.05) is 19.6 Å². The van der Waals surface area contributed by atoms with E-state index in [1.165, 1.54) is 6.92 Å². The molecular weight excluding hydrogens is 302 g/mol. The molecule has 0 unspecified atom stereocenters. The number of thiazole rings is 1. The lowest BCUT2D eigenvalue weighted by Gasteiger charge is -2.26. The molecule has 1 aliphatic heterocycles. The van der Waals surface area contributed by atoms with Gasteiger partial charge < -0.3 is 10.4 Å². The maximum absolute atomic E-state index is 11.5. The highest BCUT2D eigenvalue weighted by molar-refractivity contribution is 7.07. The number of carbonyl (C=O) groups is 2. The van der Waals surface area contributed by atoms with E-state index in [0.717, 1.165) is 18.7 Å². The number of carboxylic acid groups (broad SMARTS) is 1. The van der Waals surface area contributed by atoms with Gasteiger partial charge in [0, 0.05) is 37.9 Å². The van der Waals surface area contributed by atoms with E-state index in [2.05, 4.69) is 17.2 Å². The third kappa shape index (κ3) is 4.27. The van der Waals surface area contributed by atoms with E-state index in [1.54, 1.807) is 16.8 Å². The van der Waals surface area contributed by atoms with Crippen molar-refractivity contribution in [3.8, 4) is 0 Å². The summed E-state index contributed by atoms with van der Waals surface area (Å²) in [6, 6.07) is -0.460. The highest BCUT2D eigenvalue weighted by Gasteiger charge is 2.38. The first-order chi connectivity index (χ1) is 10.5. The monoisotopic (exact) mass is 325 g/mol. The number of likely N-dealkylation sites (tertiary alicyclic amines) is 1. The minimum Gasteiger partial charge on any atom is -0.480 e. The number of nitrogens with zero attached hydrogens (tertiary/aromatic N) is 2. The van der Waals surface area contributed by atoms with Crippen LogP contribution in [0.4, 0.5) is 0 Å². The van der Waals surface area contributed by atoms with Crippen LogP contribution in [0.1, 0.15) is 38.3 Å². The lowest BCUT2D eigenvalue weighted by atomic mass is 10.0. The summed E-state index contributed by atoms with van der Waals surface area (Å²) in [4.78, 5) is 28.9. The Balaban J connectivity index is 2.00. The summed E-state index contributed by atoms with van der Waals surface area (Å²) < 4.78 is 0. The molecule has 0 aromatic carbocycles. The highest BCUT2D eigenvalue weighted by atomic mass is 32.1. The molecule has 1 amide bonds. The summed E-state index contributed by atoms with van der Waals surface area (Å²) >= 11 is 1.54. The number of aromatic nitrogens is 1. The molecule has 0 spiro atoms. The summed E-state index contributed by atoms with van der Waals surface area (Å²) in [5.41, 5.74) is 2.79. The molecular formula is C15H23N3O3S. The maximum atomic E-state index is 11.5. The van der Waals surface area contributed by atoms with E-state index in [9.17, 15) is 14.7 Å². The van der Waals surface area contributed by atoms with Crippen LogP contribution in [-0.4, -0.2) is 52.5 Å². The average Bonchev–Trinajstić information content (AvgIpc) is 3.11. The van der Waals surface area contributed by atoms with Gasteiger partial charge in [-0.05, 0) is 12.3 Å². The molecule has 1 aromatic rings. The van der Waals surface area contributed by atoms with E-state index in [1.807, 2.05) is 10.3 Å². The number of carbonyl (C=O) groups excluding carboxylic acids is 1. The zero-order chi connectivity index (χ0) is 16.1. The van der Waals surface area contributed by atoms with Gasteiger partial charge in [-0.15, -0.1) is 11.3 Å². The zero-order valence-corrected chi connectivity index (χ0v) is 13.8. The number of nitrogens with one attached hydrogen (secondary N) is 1. The molecule has 0 bridgehead atoms. The van der Waals surface area contributed by atoms with Gasteiger partial charge in [-0.2, -0.15) is 0 Å². The molecule has 1 saturated heterocycles. The van der Waals surface area contributed by atoms with Crippen molar-refractivity contribution in [2.45, 2.75) is 38.6 Å². The fourth-order valence-corrected chi connectivity index (χ4v) is 3.59. The molecule has 2 N–H and O–H groups in total. The zero-order valence-electron chi connectivity index (χ0n) is 13.0. The molecule has 0 aliphatic carbocycles. The summed E-state index contributed by atoms with van der Waals surface area (Å²) in [5.74, 6) is -0.368. The second kappa shape index (κ2) is 7.69. The summed E-state index contributed by atoms with van der Waals surface area (Å²) in [6.07, 6.45) is 1.51. The van der Waals surface area contributed by atoms with Gasteiger partial charge >= 0.3 is 5.97 Å². The minimum atomic E-state index is -0.771. The van der Waals surface area contributed by atoms with E-state index in [-0.39, 0.29) is 17.7 Å². The molecule has 122 valence electrons. The molecule has 6 nitrogen and oxygen atoms in total. The second-order valence-electron chi connectivity index (χ2n) is 5.87. The molecule has 0 saturated carbocycles. The molecule has 1 fully saturated rings. The van der Waals surface area contributed by atoms with Gasteiger partial charge in [0.1, 0.15) is 6.04 Å². The molecule has 2 rings (SSSR count). The van der Waals surface area contributed by atoms with E-state index in [4.69, 9.17) is 0 Å². The van der Waals surface area contributed by atoms with Crippen molar-refractivity contribution in [3.63, 3.8) is 0 Å². The van der Waals surface area contributed by atoms with E-state index >= 15 is 0 Å². The first-order valence-corrected chi connectivity index (χ1v) is 8.54. The Bertz CT molecular complexity index is 506. The van der Waals surface area contributed by atoms with Gasteiger partial charge in [0.2, 0.25) is 5.91 Å². The number of aliphatic carboxylic acids is 1. The second-order valence-corrected chi connectivity index (χ2v) is 6.58. The van der Waals surface area contributed by atoms with Crippen molar-refractivity contribution in [2.24, 2.45) is 5.92 Å². The van der Waals surface area contributed by atoms with Crippen molar-refractivity contribution in [3.05, 3.63) is 16.6 Å².